The number of nitrogens with one attached hydrogen (secondary N) is 2. The van der Waals surface area contributed by atoms with E-state index < -0.39 is 35.1 Å². The second kappa shape index (κ2) is 6.62. The molecule has 1 saturated heterocycles. The third-order valence-electron chi connectivity index (χ3n) is 4.72. The van der Waals surface area contributed by atoms with Crippen LogP contribution in [0.15, 0.2) is 24.3 Å². The van der Waals surface area contributed by atoms with Crippen LogP contribution in [-0.4, -0.2) is 28.4 Å². The van der Waals surface area contributed by atoms with Gasteiger partial charge in [0, 0.05) is 0 Å². The Kier molecular flexibility index (Phi) is 4.64. The summed E-state index contributed by atoms with van der Waals surface area (Å²) >= 11 is 0. The maximum absolute atomic E-state index is 12.7. The van der Waals surface area contributed by atoms with Crippen LogP contribution in [0.4, 0.5) is 18.0 Å². The number of urea groups is 1. The first-order valence-corrected chi connectivity index (χ1v) is 8.34. The minimum absolute atomic E-state index is 0.136. The summed E-state index contributed by atoms with van der Waals surface area (Å²) in [5, 5.41) is 3.28. The Bertz CT molecular complexity index is 742. The zero-order chi connectivity index (χ0) is 18.9. The summed E-state index contributed by atoms with van der Waals surface area (Å²) in [5.41, 5.74) is 0.509. The van der Waals surface area contributed by atoms with Gasteiger partial charge in [-0.15, -0.1) is 0 Å². The van der Waals surface area contributed by atoms with E-state index in [2.05, 4.69) is 10.7 Å². The van der Waals surface area contributed by atoms with E-state index in [0.717, 1.165) is 31.4 Å². The van der Waals surface area contributed by atoms with Gasteiger partial charge in [0.25, 0.3) is 5.91 Å². The van der Waals surface area contributed by atoms with Crippen molar-refractivity contribution in [3.63, 3.8) is 0 Å². The highest BCUT2D eigenvalue weighted by Gasteiger charge is 2.52. The van der Waals surface area contributed by atoms with Crippen molar-refractivity contribution in [3.8, 4) is 0 Å². The summed E-state index contributed by atoms with van der Waals surface area (Å²) in [7, 11) is 0. The third-order valence-corrected chi connectivity index (χ3v) is 4.72. The molecule has 0 unspecified atom stereocenters. The van der Waals surface area contributed by atoms with Crippen molar-refractivity contribution in [1.82, 2.24) is 15.8 Å². The largest absolute Gasteiger partial charge is 0.416 e. The molecule has 1 aromatic carbocycles. The van der Waals surface area contributed by atoms with E-state index in [0.29, 0.717) is 17.9 Å². The first-order chi connectivity index (χ1) is 12.2. The zero-order valence-electron chi connectivity index (χ0n) is 13.9. The Morgan fingerprint density at radius 2 is 1.88 bits per heavy atom. The van der Waals surface area contributed by atoms with Crippen molar-refractivity contribution in [2.24, 2.45) is 0 Å². The van der Waals surface area contributed by atoms with Gasteiger partial charge in [0.1, 0.15) is 5.54 Å². The molecule has 0 bridgehead atoms. The van der Waals surface area contributed by atoms with E-state index >= 15 is 0 Å². The van der Waals surface area contributed by atoms with Gasteiger partial charge in [0.05, 0.1) is 12.0 Å². The number of halogens is 3. The Labute approximate surface area is 147 Å². The van der Waals surface area contributed by atoms with Crippen molar-refractivity contribution < 1.29 is 27.6 Å². The second-order valence-corrected chi connectivity index (χ2v) is 6.62. The molecule has 1 heterocycles. The number of carbonyl (C=O) groups excluding carboxylic acids is 3. The highest BCUT2D eigenvalue weighted by molar-refractivity contribution is 6.08. The lowest BCUT2D eigenvalue weighted by molar-refractivity contribution is -0.139. The van der Waals surface area contributed by atoms with Crippen molar-refractivity contribution in [2.75, 3.05) is 0 Å². The number of nitrogens with zero attached hydrogens (tertiary/aromatic N) is 1. The Hall–Kier alpha value is -2.58. The average Bonchev–Trinajstić information content (AvgIpc) is 2.79. The summed E-state index contributed by atoms with van der Waals surface area (Å²) in [6.07, 6.45) is -1.28. The van der Waals surface area contributed by atoms with Crippen molar-refractivity contribution >= 4 is 17.8 Å². The van der Waals surface area contributed by atoms with Crippen molar-refractivity contribution in [1.29, 1.82) is 0 Å². The number of hydrazine groups is 1. The first-order valence-electron chi connectivity index (χ1n) is 8.34. The number of amides is 4. The molecule has 9 heteroatoms. The molecule has 1 aliphatic carbocycles. The summed E-state index contributed by atoms with van der Waals surface area (Å²) in [5.74, 6) is -1.25. The fraction of sp³-hybridized carbons (Fsp3) is 0.471. The highest BCUT2D eigenvalue weighted by Crippen LogP contribution is 2.33. The fourth-order valence-corrected chi connectivity index (χ4v) is 3.42. The van der Waals surface area contributed by atoms with Crippen LogP contribution in [0.25, 0.3) is 0 Å². The molecule has 26 heavy (non-hydrogen) atoms. The number of alkyl halides is 3. The molecule has 1 aliphatic heterocycles. The molecule has 1 spiro atoms. The van der Waals surface area contributed by atoms with Gasteiger partial charge in [-0.2, -0.15) is 18.2 Å². The lowest BCUT2D eigenvalue weighted by Crippen LogP contribution is -2.51. The standard InChI is InChI=1S/C17H18F3N3O3/c18-17(19,20)12-6-4-5-11(9-12)10-13(24)22-23-14(25)16(21-15(23)26)7-2-1-3-8-16/h4-6,9H,1-3,7-8,10H2,(H,21,26)(H,22,24). The minimum atomic E-state index is -4.51. The van der Waals surface area contributed by atoms with Crippen LogP contribution in [-0.2, 0) is 22.2 Å². The van der Waals surface area contributed by atoms with Crippen molar-refractivity contribution in [3.05, 3.63) is 35.4 Å². The predicted molar refractivity (Wildman–Crippen MR) is 84.5 cm³/mol. The maximum atomic E-state index is 12.7. The van der Waals surface area contributed by atoms with Gasteiger partial charge in [-0.05, 0) is 24.5 Å². The van der Waals surface area contributed by atoms with Crippen molar-refractivity contribution in [2.45, 2.75) is 50.2 Å². The molecular weight excluding hydrogens is 351 g/mol. The fourth-order valence-electron chi connectivity index (χ4n) is 3.42. The van der Waals surface area contributed by atoms with Gasteiger partial charge in [0.2, 0.25) is 5.91 Å². The van der Waals surface area contributed by atoms with Gasteiger partial charge in [-0.3, -0.25) is 15.0 Å². The van der Waals surface area contributed by atoms with E-state index in [9.17, 15) is 27.6 Å². The highest BCUT2D eigenvalue weighted by atomic mass is 19.4. The molecule has 4 amide bonds. The molecule has 3 rings (SSSR count). The Morgan fingerprint density at radius 1 is 1.19 bits per heavy atom. The van der Waals surface area contributed by atoms with Crippen LogP contribution in [0, 0.1) is 0 Å². The van der Waals surface area contributed by atoms with E-state index in [1.54, 1.807) is 0 Å². The van der Waals surface area contributed by atoms with Crippen LogP contribution in [0.1, 0.15) is 43.2 Å². The number of rotatable bonds is 3. The predicted octanol–water partition coefficient (Wildman–Crippen LogP) is 2.53. The molecule has 2 N–H and O–H groups in total. The van der Waals surface area contributed by atoms with E-state index in [4.69, 9.17) is 0 Å². The number of carbonyl (C=O) groups is 3. The van der Waals surface area contributed by atoms with E-state index in [1.807, 2.05) is 0 Å². The normalized spacial score (nSPS) is 19.6. The monoisotopic (exact) mass is 369 g/mol. The summed E-state index contributed by atoms with van der Waals surface area (Å²) in [6, 6.07) is 3.65. The molecule has 1 saturated carbocycles. The molecule has 0 atom stereocenters. The average molecular weight is 369 g/mol. The molecule has 0 radical (unpaired) electrons. The molecule has 1 aromatic rings. The summed E-state index contributed by atoms with van der Waals surface area (Å²) in [6.45, 7) is 0. The van der Waals surface area contributed by atoms with Gasteiger partial charge >= 0.3 is 12.2 Å². The smallest absolute Gasteiger partial charge is 0.322 e. The van der Waals surface area contributed by atoms with Gasteiger partial charge in [-0.1, -0.05) is 37.5 Å². The number of imide groups is 1. The molecule has 6 nitrogen and oxygen atoms in total. The Balaban J connectivity index is 1.67. The number of benzene rings is 1. The van der Waals surface area contributed by atoms with Gasteiger partial charge in [0.15, 0.2) is 0 Å². The first kappa shape index (κ1) is 18.2. The molecule has 2 aliphatic rings. The number of hydrogen-bond donors (Lipinski definition) is 2. The van der Waals surface area contributed by atoms with Gasteiger partial charge < -0.3 is 5.32 Å². The minimum Gasteiger partial charge on any atom is -0.322 e. The lowest BCUT2D eigenvalue weighted by Gasteiger charge is -2.30. The maximum Gasteiger partial charge on any atom is 0.416 e. The van der Waals surface area contributed by atoms with Crippen LogP contribution in [0.5, 0.6) is 0 Å². The SMILES string of the molecule is O=C(Cc1cccc(C(F)(F)F)c1)NN1C(=O)NC2(CCCCC2)C1=O. The Morgan fingerprint density at radius 3 is 2.54 bits per heavy atom. The molecule has 140 valence electrons. The van der Waals surface area contributed by atoms with Crippen LogP contribution in [0.3, 0.4) is 0 Å². The third kappa shape index (κ3) is 3.51. The zero-order valence-corrected chi connectivity index (χ0v) is 13.9. The number of hydrogen-bond acceptors (Lipinski definition) is 3. The second-order valence-electron chi connectivity index (χ2n) is 6.62. The summed E-state index contributed by atoms with van der Waals surface area (Å²) in [4.78, 5) is 36.7. The van der Waals surface area contributed by atoms with Gasteiger partial charge in [-0.25, -0.2) is 4.79 Å². The topological polar surface area (TPSA) is 78.5 Å². The molecule has 0 aromatic heterocycles. The molecule has 2 fully saturated rings. The summed E-state index contributed by atoms with van der Waals surface area (Å²) < 4.78 is 38.2. The lowest BCUT2D eigenvalue weighted by atomic mass is 9.82. The van der Waals surface area contributed by atoms with E-state index in [-0.39, 0.29) is 12.0 Å². The van der Waals surface area contributed by atoms with Crippen LogP contribution >= 0.6 is 0 Å². The van der Waals surface area contributed by atoms with E-state index in [1.165, 1.54) is 12.1 Å². The van der Waals surface area contributed by atoms with Crippen LogP contribution in [0.2, 0.25) is 0 Å². The quantitative estimate of drug-likeness (QED) is 0.804. The van der Waals surface area contributed by atoms with Crippen LogP contribution < -0.4 is 10.7 Å². The molecular formula is C17H18F3N3O3.